The summed E-state index contributed by atoms with van der Waals surface area (Å²) in [5, 5.41) is 6.91. The maximum Gasteiger partial charge on any atom is 0.271 e. The summed E-state index contributed by atoms with van der Waals surface area (Å²) in [7, 11) is 0. The first kappa shape index (κ1) is 12.7. The van der Waals surface area contributed by atoms with E-state index in [1.807, 2.05) is 10.9 Å². The summed E-state index contributed by atoms with van der Waals surface area (Å²) in [6, 6.07) is 0. The molecule has 0 radical (unpaired) electrons. The predicted octanol–water partition coefficient (Wildman–Crippen LogP) is 1.26. The van der Waals surface area contributed by atoms with Crippen LogP contribution in [0.4, 0.5) is 0 Å². The third-order valence-electron chi connectivity index (χ3n) is 2.25. The first-order valence-electron chi connectivity index (χ1n) is 5.48. The summed E-state index contributed by atoms with van der Waals surface area (Å²) in [5.74, 6) is -0.204. The summed E-state index contributed by atoms with van der Waals surface area (Å²) in [4.78, 5) is 19.4. The molecule has 0 fully saturated rings. The van der Waals surface area contributed by atoms with E-state index in [1.54, 1.807) is 6.20 Å². The zero-order valence-corrected chi connectivity index (χ0v) is 11.2. The van der Waals surface area contributed by atoms with Crippen molar-refractivity contribution in [3.63, 3.8) is 0 Å². The highest BCUT2D eigenvalue weighted by atomic mass is 79.9. The highest BCUT2D eigenvalue weighted by Crippen LogP contribution is 2.06. The first-order chi connectivity index (χ1) is 8.75. The summed E-state index contributed by atoms with van der Waals surface area (Å²) < 4.78 is 2.77. The van der Waals surface area contributed by atoms with Crippen LogP contribution < -0.4 is 5.32 Å². The van der Waals surface area contributed by atoms with Gasteiger partial charge in [0.15, 0.2) is 0 Å². The minimum absolute atomic E-state index is 0.204. The van der Waals surface area contributed by atoms with Gasteiger partial charge >= 0.3 is 0 Å². The first-order valence-corrected chi connectivity index (χ1v) is 6.27. The van der Waals surface area contributed by atoms with Crippen molar-refractivity contribution >= 4 is 21.8 Å². The SMILES string of the molecule is O=C(NCCCn1cc(Br)cn1)c1cnccn1. The molecular formula is C11H12BrN5O. The summed E-state index contributed by atoms with van der Waals surface area (Å²) in [6.07, 6.45) is 8.91. The van der Waals surface area contributed by atoms with Gasteiger partial charge in [0.1, 0.15) is 5.69 Å². The number of aryl methyl sites for hydroxylation is 1. The van der Waals surface area contributed by atoms with Crippen LogP contribution in [0.1, 0.15) is 16.9 Å². The van der Waals surface area contributed by atoms with Crippen LogP contribution in [0.25, 0.3) is 0 Å². The Bertz CT molecular complexity index is 513. The van der Waals surface area contributed by atoms with Gasteiger partial charge in [-0.05, 0) is 22.4 Å². The second-order valence-corrected chi connectivity index (χ2v) is 4.54. The van der Waals surface area contributed by atoms with Gasteiger partial charge in [0.2, 0.25) is 0 Å². The van der Waals surface area contributed by atoms with Crippen LogP contribution in [0.5, 0.6) is 0 Å². The van der Waals surface area contributed by atoms with E-state index in [4.69, 9.17) is 0 Å². The van der Waals surface area contributed by atoms with E-state index in [9.17, 15) is 4.79 Å². The minimum Gasteiger partial charge on any atom is -0.351 e. The Balaban J connectivity index is 1.71. The molecule has 1 N–H and O–H groups in total. The molecule has 0 aliphatic rings. The highest BCUT2D eigenvalue weighted by Gasteiger charge is 2.05. The van der Waals surface area contributed by atoms with Crippen LogP contribution in [0.15, 0.2) is 35.5 Å². The smallest absolute Gasteiger partial charge is 0.271 e. The highest BCUT2D eigenvalue weighted by molar-refractivity contribution is 9.10. The Labute approximate surface area is 113 Å². The van der Waals surface area contributed by atoms with E-state index in [-0.39, 0.29) is 5.91 Å². The molecule has 0 saturated carbocycles. The van der Waals surface area contributed by atoms with Crippen molar-refractivity contribution in [3.8, 4) is 0 Å². The number of hydrogen-bond acceptors (Lipinski definition) is 4. The quantitative estimate of drug-likeness (QED) is 0.844. The Morgan fingerprint density at radius 2 is 2.28 bits per heavy atom. The predicted molar refractivity (Wildman–Crippen MR) is 68.9 cm³/mol. The van der Waals surface area contributed by atoms with Crippen molar-refractivity contribution in [1.82, 2.24) is 25.1 Å². The van der Waals surface area contributed by atoms with Crippen molar-refractivity contribution in [2.45, 2.75) is 13.0 Å². The number of carbonyl (C=O) groups is 1. The van der Waals surface area contributed by atoms with Gasteiger partial charge < -0.3 is 5.32 Å². The number of aromatic nitrogens is 4. The number of nitrogens with one attached hydrogen (secondary N) is 1. The molecule has 0 aromatic carbocycles. The summed E-state index contributed by atoms with van der Waals surface area (Å²) >= 11 is 3.33. The van der Waals surface area contributed by atoms with E-state index < -0.39 is 0 Å². The third-order valence-corrected chi connectivity index (χ3v) is 2.66. The number of rotatable bonds is 5. The Morgan fingerprint density at radius 3 is 2.94 bits per heavy atom. The molecule has 0 saturated heterocycles. The van der Waals surface area contributed by atoms with Crippen LogP contribution in [-0.2, 0) is 6.54 Å². The number of amides is 1. The third kappa shape index (κ3) is 3.63. The normalized spacial score (nSPS) is 10.3. The monoisotopic (exact) mass is 309 g/mol. The van der Waals surface area contributed by atoms with Crippen LogP contribution in [0.2, 0.25) is 0 Å². The fourth-order valence-electron chi connectivity index (χ4n) is 1.41. The Hall–Kier alpha value is -1.76. The lowest BCUT2D eigenvalue weighted by Crippen LogP contribution is -2.26. The van der Waals surface area contributed by atoms with Crippen LogP contribution in [0.3, 0.4) is 0 Å². The molecule has 2 heterocycles. The van der Waals surface area contributed by atoms with Gasteiger partial charge in [-0.15, -0.1) is 0 Å². The van der Waals surface area contributed by atoms with Gasteiger partial charge in [-0.25, -0.2) is 4.98 Å². The average Bonchev–Trinajstić information content (AvgIpc) is 2.81. The standard InChI is InChI=1S/C11H12BrN5O/c12-9-6-16-17(8-9)5-1-2-15-11(18)10-7-13-3-4-14-10/h3-4,6-8H,1-2,5H2,(H,15,18). The number of halogens is 1. The lowest BCUT2D eigenvalue weighted by Gasteiger charge is -2.04. The van der Waals surface area contributed by atoms with Crippen LogP contribution in [0, 0.1) is 0 Å². The van der Waals surface area contributed by atoms with Gasteiger partial charge in [0.05, 0.1) is 16.9 Å². The second-order valence-electron chi connectivity index (χ2n) is 3.62. The van der Waals surface area contributed by atoms with Gasteiger partial charge in [0, 0.05) is 31.7 Å². The molecule has 2 aromatic rings. The molecule has 0 unspecified atom stereocenters. The van der Waals surface area contributed by atoms with Crippen LogP contribution in [-0.4, -0.2) is 32.2 Å². The van der Waals surface area contributed by atoms with Crippen molar-refractivity contribution in [1.29, 1.82) is 0 Å². The van der Waals surface area contributed by atoms with Gasteiger partial charge in [-0.2, -0.15) is 5.10 Å². The molecule has 18 heavy (non-hydrogen) atoms. The molecular weight excluding hydrogens is 298 g/mol. The molecule has 2 rings (SSSR count). The molecule has 2 aromatic heterocycles. The van der Waals surface area contributed by atoms with Gasteiger partial charge in [-0.3, -0.25) is 14.5 Å². The lowest BCUT2D eigenvalue weighted by atomic mass is 10.4. The molecule has 0 atom stereocenters. The van der Waals surface area contributed by atoms with Gasteiger partial charge in [0.25, 0.3) is 5.91 Å². The van der Waals surface area contributed by atoms with E-state index in [2.05, 4.69) is 36.3 Å². The maximum atomic E-state index is 11.6. The minimum atomic E-state index is -0.204. The molecule has 7 heteroatoms. The number of hydrogen-bond donors (Lipinski definition) is 1. The van der Waals surface area contributed by atoms with Crippen molar-refractivity contribution < 1.29 is 4.79 Å². The molecule has 0 bridgehead atoms. The zero-order chi connectivity index (χ0) is 12.8. The Morgan fingerprint density at radius 1 is 1.39 bits per heavy atom. The van der Waals surface area contributed by atoms with E-state index in [1.165, 1.54) is 18.6 Å². The van der Waals surface area contributed by atoms with Gasteiger partial charge in [-0.1, -0.05) is 0 Å². The van der Waals surface area contributed by atoms with Crippen molar-refractivity contribution in [3.05, 3.63) is 41.2 Å². The number of nitrogens with zero attached hydrogens (tertiary/aromatic N) is 4. The molecule has 1 amide bonds. The molecule has 6 nitrogen and oxygen atoms in total. The molecule has 0 spiro atoms. The maximum absolute atomic E-state index is 11.6. The van der Waals surface area contributed by atoms with Crippen molar-refractivity contribution in [2.75, 3.05) is 6.54 Å². The fraction of sp³-hybridized carbons (Fsp3) is 0.273. The van der Waals surface area contributed by atoms with E-state index in [0.29, 0.717) is 12.2 Å². The Kier molecular flexibility index (Phi) is 4.40. The van der Waals surface area contributed by atoms with Crippen molar-refractivity contribution in [2.24, 2.45) is 0 Å². The van der Waals surface area contributed by atoms with Crippen LogP contribution >= 0.6 is 15.9 Å². The topological polar surface area (TPSA) is 72.7 Å². The second kappa shape index (κ2) is 6.25. The fourth-order valence-corrected chi connectivity index (χ4v) is 1.74. The molecule has 94 valence electrons. The zero-order valence-electron chi connectivity index (χ0n) is 9.58. The van der Waals surface area contributed by atoms with E-state index in [0.717, 1.165) is 17.4 Å². The summed E-state index contributed by atoms with van der Waals surface area (Å²) in [6.45, 7) is 1.33. The molecule has 0 aliphatic carbocycles. The van der Waals surface area contributed by atoms with E-state index >= 15 is 0 Å². The largest absolute Gasteiger partial charge is 0.351 e. The summed E-state index contributed by atoms with van der Waals surface area (Å²) in [5.41, 5.74) is 0.333. The average molecular weight is 310 g/mol. The molecule has 0 aliphatic heterocycles. The lowest BCUT2D eigenvalue weighted by molar-refractivity contribution is 0.0947. The number of carbonyl (C=O) groups excluding carboxylic acids is 1.